The summed E-state index contributed by atoms with van der Waals surface area (Å²) in [7, 11) is -3.28. The Balaban J connectivity index is 1.50. The SMILES string of the molecule is Cc1cc(NC(=O)CC(C)CCNS(=O)(=O)C(C)C)ccc1N1CCC(O)(c2ccc(Cl)cc2)CC1. The van der Waals surface area contributed by atoms with Crippen molar-refractivity contribution < 1.29 is 18.3 Å². The lowest BCUT2D eigenvalue weighted by Gasteiger charge is -2.40. The largest absolute Gasteiger partial charge is 0.385 e. The number of hydrogen-bond acceptors (Lipinski definition) is 5. The van der Waals surface area contributed by atoms with E-state index in [0.717, 1.165) is 35.6 Å². The predicted octanol–water partition coefficient (Wildman–Crippen LogP) is 4.82. The maximum absolute atomic E-state index is 12.5. The van der Waals surface area contributed by atoms with E-state index in [1.54, 1.807) is 13.8 Å². The van der Waals surface area contributed by atoms with Crippen LogP contribution in [0.2, 0.25) is 5.02 Å². The fourth-order valence-electron chi connectivity index (χ4n) is 4.50. The number of anilines is 2. The van der Waals surface area contributed by atoms with Gasteiger partial charge in [0.15, 0.2) is 0 Å². The molecule has 3 N–H and O–H groups in total. The number of aryl methyl sites for hydroxylation is 1. The number of carbonyl (C=O) groups is 1. The van der Waals surface area contributed by atoms with Crippen molar-refractivity contribution in [3.63, 3.8) is 0 Å². The smallest absolute Gasteiger partial charge is 0.224 e. The van der Waals surface area contributed by atoms with Crippen molar-refractivity contribution in [2.45, 2.75) is 64.2 Å². The van der Waals surface area contributed by atoms with Crippen molar-refractivity contribution >= 4 is 38.9 Å². The molecule has 2 aromatic rings. The Morgan fingerprint density at radius 2 is 1.75 bits per heavy atom. The van der Waals surface area contributed by atoms with Crippen LogP contribution >= 0.6 is 11.6 Å². The van der Waals surface area contributed by atoms with Gasteiger partial charge in [-0.1, -0.05) is 30.7 Å². The number of carbonyl (C=O) groups excluding carboxylic acids is 1. The summed E-state index contributed by atoms with van der Waals surface area (Å²) in [5.74, 6) is -0.0414. The molecule has 1 fully saturated rings. The number of hydrogen-bond donors (Lipinski definition) is 3. The minimum absolute atomic E-state index is 0.0490. The fraction of sp³-hybridized carbons (Fsp3) is 0.519. The molecule has 1 unspecified atom stereocenters. The monoisotopic (exact) mass is 535 g/mol. The Morgan fingerprint density at radius 3 is 2.33 bits per heavy atom. The molecule has 0 radical (unpaired) electrons. The number of piperidine rings is 1. The molecule has 2 aromatic carbocycles. The van der Waals surface area contributed by atoms with E-state index in [-0.39, 0.29) is 11.8 Å². The van der Waals surface area contributed by atoms with Crippen LogP contribution in [-0.4, -0.2) is 44.3 Å². The van der Waals surface area contributed by atoms with E-state index in [2.05, 4.69) is 14.9 Å². The third kappa shape index (κ3) is 7.44. The third-order valence-corrected chi connectivity index (χ3v) is 8.99. The molecule has 1 saturated heterocycles. The Bertz CT molecular complexity index is 1140. The van der Waals surface area contributed by atoms with Crippen LogP contribution < -0.4 is 14.9 Å². The molecule has 9 heteroatoms. The van der Waals surface area contributed by atoms with Gasteiger partial charge in [0.1, 0.15) is 0 Å². The number of amides is 1. The summed E-state index contributed by atoms with van der Waals surface area (Å²) in [4.78, 5) is 14.8. The standard InChI is InChI=1S/C27H38ClN3O4S/c1-19(2)36(34,35)29-14-11-20(3)17-26(32)30-24-9-10-25(21(4)18-24)31-15-12-27(33,13-16-31)22-5-7-23(28)8-6-22/h5-10,18-20,29,33H,11-17H2,1-4H3,(H,30,32). The molecule has 3 rings (SSSR count). The summed E-state index contributed by atoms with van der Waals surface area (Å²) in [5, 5.41) is 14.3. The summed E-state index contributed by atoms with van der Waals surface area (Å²) in [6, 6.07) is 13.3. The highest BCUT2D eigenvalue weighted by Crippen LogP contribution is 2.36. The summed E-state index contributed by atoms with van der Waals surface area (Å²) in [6.07, 6.45) is 2.16. The summed E-state index contributed by atoms with van der Waals surface area (Å²) < 4.78 is 26.3. The van der Waals surface area contributed by atoms with Crippen molar-refractivity contribution in [3.05, 3.63) is 58.6 Å². The molecule has 0 spiro atoms. The van der Waals surface area contributed by atoms with Crippen LogP contribution in [0.25, 0.3) is 0 Å². The molecule has 1 heterocycles. The Labute approximate surface area is 220 Å². The number of benzene rings is 2. The quantitative estimate of drug-likeness (QED) is 0.405. The van der Waals surface area contributed by atoms with Gasteiger partial charge in [-0.05, 0) is 87.4 Å². The van der Waals surface area contributed by atoms with Crippen molar-refractivity contribution in [1.82, 2.24) is 4.72 Å². The highest BCUT2D eigenvalue weighted by Gasteiger charge is 2.34. The second kappa shape index (κ2) is 11.9. The lowest BCUT2D eigenvalue weighted by atomic mass is 9.84. The fourth-order valence-corrected chi connectivity index (χ4v) is 5.36. The first kappa shape index (κ1) is 28.4. The number of halogens is 1. The Morgan fingerprint density at radius 1 is 1.11 bits per heavy atom. The maximum atomic E-state index is 12.5. The molecule has 0 saturated carbocycles. The zero-order valence-electron chi connectivity index (χ0n) is 21.6. The van der Waals surface area contributed by atoms with Crippen LogP contribution in [0.3, 0.4) is 0 Å². The van der Waals surface area contributed by atoms with Gasteiger partial charge in [0.2, 0.25) is 15.9 Å². The van der Waals surface area contributed by atoms with Crippen molar-refractivity contribution in [2.24, 2.45) is 5.92 Å². The second-order valence-electron chi connectivity index (χ2n) is 10.2. The lowest BCUT2D eigenvalue weighted by Crippen LogP contribution is -2.42. The van der Waals surface area contributed by atoms with Gasteiger partial charge in [-0.2, -0.15) is 0 Å². The first-order valence-electron chi connectivity index (χ1n) is 12.5. The van der Waals surface area contributed by atoms with Crippen LogP contribution in [-0.2, 0) is 20.4 Å². The lowest BCUT2D eigenvalue weighted by molar-refractivity contribution is -0.117. The Kier molecular flexibility index (Phi) is 9.44. The zero-order chi connectivity index (χ0) is 26.5. The number of sulfonamides is 1. The molecule has 1 amide bonds. The molecule has 0 aliphatic carbocycles. The van der Waals surface area contributed by atoms with E-state index in [9.17, 15) is 18.3 Å². The molecule has 0 aromatic heterocycles. The van der Waals surface area contributed by atoms with Gasteiger partial charge in [-0.3, -0.25) is 4.79 Å². The summed E-state index contributed by atoms with van der Waals surface area (Å²) in [5.41, 5.74) is 2.93. The summed E-state index contributed by atoms with van der Waals surface area (Å²) >= 11 is 5.99. The van der Waals surface area contributed by atoms with Gasteiger partial charge in [0, 0.05) is 42.5 Å². The molecule has 36 heavy (non-hydrogen) atoms. The highest BCUT2D eigenvalue weighted by molar-refractivity contribution is 7.90. The summed E-state index contributed by atoms with van der Waals surface area (Å²) in [6.45, 7) is 9.02. The second-order valence-corrected chi connectivity index (χ2v) is 12.9. The molecular formula is C27H38ClN3O4S. The molecule has 1 aliphatic heterocycles. The maximum Gasteiger partial charge on any atom is 0.224 e. The first-order chi connectivity index (χ1) is 16.9. The van der Waals surface area contributed by atoms with E-state index in [1.165, 1.54) is 0 Å². The first-order valence-corrected chi connectivity index (χ1v) is 14.4. The molecule has 1 aliphatic rings. The number of nitrogens with one attached hydrogen (secondary N) is 2. The molecular weight excluding hydrogens is 498 g/mol. The highest BCUT2D eigenvalue weighted by atomic mass is 35.5. The van der Waals surface area contributed by atoms with E-state index in [0.29, 0.717) is 37.3 Å². The van der Waals surface area contributed by atoms with E-state index in [4.69, 9.17) is 11.6 Å². The molecule has 7 nitrogen and oxygen atoms in total. The topological polar surface area (TPSA) is 98.7 Å². The average Bonchev–Trinajstić information content (AvgIpc) is 2.80. The van der Waals surface area contributed by atoms with Crippen LogP contribution in [0.4, 0.5) is 11.4 Å². The predicted molar refractivity (Wildman–Crippen MR) is 147 cm³/mol. The van der Waals surface area contributed by atoms with E-state index >= 15 is 0 Å². The van der Waals surface area contributed by atoms with Crippen LogP contribution in [0.15, 0.2) is 42.5 Å². The molecule has 198 valence electrons. The Hall–Kier alpha value is -2.13. The molecule has 0 bridgehead atoms. The van der Waals surface area contributed by atoms with E-state index in [1.807, 2.05) is 56.3 Å². The van der Waals surface area contributed by atoms with Gasteiger partial charge in [-0.15, -0.1) is 0 Å². The van der Waals surface area contributed by atoms with E-state index < -0.39 is 20.9 Å². The van der Waals surface area contributed by atoms with Gasteiger partial charge in [-0.25, -0.2) is 13.1 Å². The third-order valence-electron chi connectivity index (χ3n) is 6.89. The normalized spacial score (nSPS) is 16.7. The van der Waals surface area contributed by atoms with Crippen LogP contribution in [0.5, 0.6) is 0 Å². The minimum atomic E-state index is -3.28. The average molecular weight is 536 g/mol. The van der Waals surface area contributed by atoms with Crippen LogP contribution in [0, 0.1) is 12.8 Å². The van der Waals surface area contributed by atoms with Gasteiger partial charge in [0.05, 0.1) is 10.9 Å². The van der Waals surface area contributed by atoms with Crippen molar-refractivity contribution in [1.29, 1.82) is 0 Å². The number of nitrogens with zero attached hydrogens (tertiary/aromatic N) is 1. The van der Waals surface area contributed by atoms with Crippen LogP contribution in [0.1, 0.15) is 57.6 Å². The van der Waals surface area contributed by atoms with Crippen molar-refractivity contribution in [3.8, 4) is 0 Å². The molecule has 1 atom stereocenters. The zero-order valence-corrected chi connectivity index (χ0v) is 23.1. The van der Waals surface area contributed by atoms with Gasteiger partial charge < -0.3 is 15.3 Å². The van der Waals surface area contributed by atoms with Gasteiger partial charge in [0.25, 0.3) is 0 Å². The van der Waals surface area contributed by atoms with Crippen molar-refractivity contribution in [2.75, 3.05) is 29.9 Å². The number of rotatable bonds is 10. The minimum Gasteiger partial charge on any atom is -0.385 e. The van der Waals surface area contributed by atoms with Gasteiger partial charge >= 0.3 is 0 Å². The number of aliphatic hydroxyl groups is 1.